The molecule has 3 saturated heterocycles. The van der Waals surface area contributed by atoms with Gasteiger partial charge in [-0.3, -0.25) is 9.48 Å². The molecule has 0 bridgehead atoms. The first-order chi connectivity index (χ1) is 12.1. The lowest BCUT2D eigenvalue weighted by Gasteiger charge is -2.35. The number of hydrogen-bond acceptors (Lipinski definition) is 4. The van der Waals surface area contributed by atoms with Crippen molar-refractivity contribution in [3.8, 4) is 0 Å². The summed E-state index contributed by atoms with van der Waals surface area (Å²) in [5.74, 6) is 0.972. The minimum atomic E-state index is 0. The van der Waals surface area contributed by atoms with E-state index in [1.165, 1.54) is 18.4 Å². The van der Waals surface area contributed by atoms with Gasteiger partial charge >= 0.3 is 0 Å². The zero-order valence-corrected chi connectivity index (χ0v) is 17.8. The summed E-state index contributed by atoms with van der Waals surface area (Å²) in [4.78, 5) is 15.0. The number of amides is 1. The zero-order chi connectivity index (χ0) is 17.3. The van der Waals surface area contributed by atoms with Crippen molar-refractivity contribution in [1.29, 1.82) is 0 Å². The van der Waals surface area contributed by atoms with E-state index in [-0.39, 0.29) is 30.9 Å². The van der Waals surface area contributed by atoms with Crippen LogP contribution in [0.4, 0.5) is 0 Å². The van der Waals surface area contributed by atoms with Crippen LogP contribution in [0.25, 0.3) is 0 Å². The molecule has 6 nitrogen and oxygen atoms in total. The number of rotatable bonds is 3. The fraction of sp³-hybridized carbons (Fsp3) is 0.789. The molecule has 3 aliphatic rings. The molecular weight excluding hydrogens is 385 g/mol. The molecule has 1 amide bonds. The number of aromatic nitrogens is 2. The largest absolute Gasteiger partial charge is 0.341 e. The normalized spacial score (nSPS) is 25.1. The quantitative estimate of drug-likeness (QED) is 0.789. The van der Waals surface area contributed by atoms with Crippen LogP contribution in [0, 0.1) is 18.3 Å². The average Bonchev–Trinajstić information content (AvgIpc) is 3.22. The summed E-state index contributed by atoms with van der Waals surface area (Å²) >= 11 is 0. The van der Waals surface area contributed by atoms with Crippen LogP contribution in [0.5, 0.6) is 0 Å². The third kappa shape index (κ3) is 5.17. The maximum atomic E-state index is 12.9. The molecule has 4 rings (SSSR count). The van der Waals surface area contributed by atoms with Gasteiger partial charge in [-0.2, -0.15) is 5.10 Å². The third-order valence-corrected chi connectivity index (χ3v) is 6.46. The molecule has 3 aliphatic heterocycles. The van der Waals surface area contributed by atoms with Gasteiger partial charge in [-0.1, -0.05) is 0 Å². The van der Waals surface area contributed by atoms with E-state index in [9.17, 15) is 4.79 Å². The number of carbonyl (C=O) groups is 1. The fourth-order valence-corrected chi connectivity index (χ4v) is 4.82. The van der Waals surface area contributed by atoms with E-state index in [2.05, 4.69) is 38.4 Å². The molecule has 0 aliphatic carbocycles. The maximum Gasteiger partial charge on any atom is 0.239 e. The summed E-state index contributed by atoms with van der Waals surface area (Å²) < 4.78 is 2.05. The molecular formula is C19H33Cl2N5O. The Hall–Kier alpha value is -0.820. The molecule has 1 atom stereocenters. The second-order valence-corrected chi connectivity index (χ2v) is 8.40. The maximum absolute atomic E-state index is 12.9. The van der Waals surface area contributed by atoms with Crippen molar-refractivity contribution in [3.05, 3.63) is 18.0 Å². The number of likely N-dealkylation sites (tertiary alicyclic amines) is 1. The van der Waals surface area contributed by atoms with E-state index < -0.39 is 0 Å². The molecule has 4 heterocycles. The Morgan fingerprint density at radius 3 is 2.59 bits per heavy atom. The molecule has 1 spiro atoms. The summed E-state index contributed by atoms with van der Waals surface area (Å²) in [5, 5.41) is 11.4. The number of halogens is 2. The first-order valence-electron chi connectivity index (χ1n) is 9.86. The van der Waals surface area contributed by atoms with Gasteiger partial charge in [0.05, 0.1) is 12.2 Å². The summed E-state index contributed by atoms with van der Waals surface area (Å²) in [6.07, 6.45) is 9.64. The van der Waals surface area contributed by atoms with Crippen molar-refractivity contribution in [2.75, 3.05) is 32.7 Å². The number of aryl methyl sites for hydroxylation is 1. The average molecular weight is 418 g/mol. The van der Waals surface area contributed by atoms with Crippen LogP contribution in [0.1, 0.15) is 37.7 Å². The van der Waals surface area contributed by atoms with Gasteiger partial charge in [-0.05, 0) is 69.0 Å². The Balaban J connectivity index is 0.00000131. The van der Waals surface area contributed by atoms with E-state index in [0.29, 0.717) is 17.2 Å². The Morgan fingerprint density at radius 1 is 1.26 bits per heavy atom. The van der Waals surface area contributed by atoms with Gasteiger partial charge in [0, 0.05) is 32.4 Å². The molecule has 1 aromatic heterocycles. The van der Waals surface area contributed by atoms with Gasteiger partial charge in [0.25, 0.3) is 0 Å². The highest BCUT2D eigenvalue weighted by Gasteiger charge is 2.43. The van der Waals surface area contributed by atoms with Crippen LogP contribution >= 0.6 is 24.8 Å². The van der Waals surface area contributed by atoms with Gasteiger partial charge in [0.1, 0.15) is 0 Å². The highest BCUT2D eigenvalue weighted by molar-refractivity contribution is 5.85. The van der Waals surface area contributed by atoms with Crippen molar-refractivity contribution >= 4 is 30.7 Å². The van der Waals surface area contributed by atoms with Gasteiger partial charge in [-0.15, -0.1) is 24.8 Å². The molecule has 3 fully saturated rings. The van der Waals surface area contributed by atoms with E-state index >= 15 is 0 Å². The molecule has 8 heteroatoms. The topological polar surface area (TPSA) is 62.2 Å². The number of hydrogen-bond donors (Lipinski definition) is 2. The molecule has 2 N–H and O–H groups in total. The van der Waals surface area contributed by atoms with E-state index in [1.54, 1.807) is 0 Å². The predicted octanol–water partition coefficient (Wildman–Crippen LogP) is 2.01. The van der Waals surface area contributed by atoms with E-state index in [0.717, 1.165) is 58.5 Å². The summed E-state index contributed by atoms with van der Waals surface area (Å²) in [5.41, 5.74) is 1.58. The predicted molar refractivity (Wildman–Crippen MR) is 112 cm³/mol. The first-order valence-corrected chi connectivity index (χ1v) is 9.86. The van der Waals surface area contributed by atoms with Crippen molar-refractivity contribution in [1.82, 2.24) is 25.3 Å². The Kier molecular flexibility index (Phi) is 7.98. The Bertz CT molecular complexity index is 609. The van der Waals surface area contributed by atoms with Crippen LogP contribution in [0.3, 0.4) is 0 Å². The Morgan fingerprint density at radius 2 is 1.96 bits per heavy atom. The fourth-order valence-electron chi connectivity index (χ4n) is 4.82. The molecule has 1 unspecified atom stereocenters. The van der Waals surface area contributed by atoms with Crippen molar-refractivity contribution < 1.29 is 4.79 Å². The summed E-state index contributed by atoms with van der Waals surface area (Å²) in [6, 6.07) is 0.0448. The SMILES string of the molecule is Cc1cnn(CC2CCN(C(=O)C3CC4(CCNCC4)CN3)CC2)c1.Cl.Cl. The van der Waals surface area contributed by atoms with Gasteiger partial charge in [0.15, 0.2) is 0 Å². The highest BCUT2D eigenvalue weighted by Crippen LogP contribution is 2.38. The number of nitrogens with one attached hydrogen (secondary N) is 2. The van der Waals surface area contributed by atoms with Crippen molar-refractivity contribution in [2.45, 2.75) is 51.6 Å². The standard InChI is InChI=1S/C19H31N5O.2ClH/c1-15-11-22-24(12-15)13-16-2-8-23(9-3-16)18(25)17-10-19(14-21-17)4-6-20-7-5-19;;/h11-12,16-17,20-21H,2-10,13-14H2,1H3;2*1H. The van der Waals surface area contributed by atoms with Gasteiger partial charge < -0.3 is 15.5 Å². The summed E-state index contributed by atoms with van der Waals surface area (Å²) in [6.45, 7) is 8.07. The van der Waals surface area contributed by atoms with Crippen LogP contribution in [0.15, 0.2) is 12.4 Å². The van der Waals surface area contributed by atoms with Crippen molar-refractivity contribution in [3.63, 3.8) is 0 Å². The molecule has 27 heavy (non-hydrogen) atoms. The first kappa shape index (κ1) is 22.5. The molecule has 0 radical (unpaired) electrons. The Labute approximate surface area is 174 Å². The third-order valence-electron chi connectivity index (χ3n) is 6.46. The minimum absolute atomic E-state index is 0. The van der Waals surface area contributed by atoms with Crippen molar-refractivity contribution in [2.24, 2.45) is 11.3 Å². The van der Waals surface area contributed by atoms with Gasteiger partial charge in [0.2, 0.25) is 5.91 Å². The molecule has 0 aromatic carbocycles. The zero-order valence-electron chi connectivity index (χ0n) is 16.2. The van der Waals surface area contributed by atoms with E-state index in [1.807, 2.05) is 6.20 Å². The number of carbonyl (C=O) groups excluding carboxylic acids is 1. The smallest absolute Gasteiger partial charge is 0.239 e. The van der Waals surface area contributed by atoms with Crippen LogP contribution < -0.4 is 10.6 Å². The monoisotopic (exact) mass is 417 g/mol. The van der Waals surface area contributed by atoms with E-state index in [4.69, 9.17) is 0 Å². The second-order valence-electron chi connectivity index (χ2n) is 8.40. The number of piperidine rings is 2. The summed E-state index contributed by atoms with van der Waals surface area (Å²) in [7, 11) is 0. The lowest BCUT2D eigenvalue weighted by molar-refractivity contribution is -0.134. The van der Waals surface area contributed by atoms with Crippen LogP contribution in [-0.2, 0) is 11.3 Å². The second kappa shape index (κ2) is 9.59. The molecule has 0 saturated carbocycles. The minimum Gasteiger partial charge on any atom is -0.341 e. The lowest BCUT2D eigenvalue weighted by atomic mass is 9.77. The lowest BCUT2D eigenvalue weighted by Crippen LogP contribution is -2.47. The van der Waals surface area contributed by atoms with Crippen LogP contribution in [0.2, 0.25) is 0 Å². The van der Waals surface area contributed by atoms with Gasteiger partial charge in [-0.25, -0.2) is 0 Å². The molecule has 154 valence electrons. The van der Waals surface area contributed by atoms with Crippen LogP contribution in [-0.4, -0.2) is 59.4 Å². The highest BCUT2D eigenvalue weighted by atomic mass is 35.5. The molecule has 1 aromatic rings. The number of nitrogens with zero attached hydrogens (tertiary/aromatic N) is 3.